The molecule has 0 spiro atoms. The normalized spacial score (nSPS) is 15.9. The highest BCUT2D eigenvalue weighted by Crippen LogP contribution is 2.37. The third kappa shape index (κ3) is 4.40. The van der Waals surface area contributed by atoms with Crippen molar-refractivity contribution in [3.8, 4) is 11.1 Å². The number of ether oxygens (including phenoxy) is 1. The lowest BCUT2D eigenvalue weighted by atomic mass is 9.95. The summed E-state index contributed by atoms with van der Waals surface area (Å²) >= 11 is 0. The van der Waals surface area contributed by atoms with Gasteiger partial charge in [0.25, 0.3) is 5.91 Å². The minimum Gasteiger partial charge on any atom is -0.444 e. The summed E-state index contributed by atoms with van der Waals surface area (Å²) in [6.45, 7) is 7.45. The molecule has 1 heterocycles. The summed E-state index contributed by atoms with van der Waals surface area (Å²) in [6, 6.07) is 13.0. The lowest BCUT2D eigenvalue weighted by molar-refractivity contribution is 0.0246. The first-order valence-corrected chi connectivity index (χ1v) is 11.2. The Labute approximate surface area is 189 Å². The topological polar surface area (TPSA) is 66.9 Å². The summed E-state index contributed by atoms with van der Waals surface area (Å²) < 4.78 is 5.42. The molecule has 4 rings (SSSR count). The molecule has 2 aromatic rings. The maximum absolute atomic E-state index is 13.1. The van der Waals surface area contributed by atoms with Crippen molar-refractivity contribution in [3.63, 3.8) is 0 Å². The SMILES string of the molecule is CN(CC1CCN(C(=O)c2ccc3c(c2)C(=O)c2ccccc2-3)CC1)C(=O)OC(C)(C)C. The van der Waals surface area contributed by atoms with Crippen LogP contribution < -0.4 is 0 Å². The molecule has 6 heteroatoms. The first kappa shape index (κ1) is 22.1. The average Bonchev–Trinajstić information content (AvgIpc) is 3.04. The molecular weight excluding hydrogens is 404 g/mol. The summed E-state index contributed by atoms with van der Waals surface area (Å²) in [7, 11) is 1.76. The van der Waals surface area contributed by atoms with E-state index in [2.05, 4.69) is 0 Å². The van der Waals surface area contributed by atoms with Gasteiger partial charge in [-0.25, -0.2) is 4.79 Å². The van der Waals surface area contributed by atoms with Gasteiger partial charge in [-0.15, -0.1) is 0 Å². The Morgan fingerprint density at radius 2 is 1.62 bits per heavy atom. The molecule has 1 saturated heterocycles. The van der Waals surface area contributed by atoms with Crippen LogP contribution in [0.2, 0.25) is 0 Å². The standard InChI is InChI=1S/C26H30N2O4/c1-26(2,3)32-25(31)27(4)16-17-11-13-28(14-12-17)24(30)18-9-10-20-19-7-5-6-8-21(19)23(29)22(20)15-18/h5-10,15,17H,11-14,16H2,1-4H3. The van der Waals surface area contributed by atoms with Crippen molar-refractivity contribution in [2.24, 2.45) is 5.92 Å². The van der Waals surface area contributed by atoms with Gasteiger partial charge < -0.3 is 14.5 Å². The summed E-state index contributed by atoms with van der Waals surface area (Å²) in [5.74, 6) is 0.261. The highest BCUT2D eigenvalue weighted by Gasteiger charge is 2.30. The number of benzene rings is 2. The van der Waals surface area contributed by atoms with E-state index >= 15 is 0 Å². The quantitative estimate of drug-likeness (QED) is 0.603. The van der Waals surface area contributed by atoms with Gasteiger partial charge in [0.15, 0.2) is 5.78 Å². The number of rotatable bonds is 3. The second-order valence-corrected chi connectivity index (χ2v) is 9.73. The van der Waals surface area contributed by atoms with Crippen LogP contribution in [0.1, 0.15) is 59.9 Å². The fourth-order valence-electron chi connectivity index (χ4n) is 4.46. The minimum atomic E-state index is -0.514. The van der Waals surface area contributed by atoms with Crippen LogP contribution in [0.4, 0.5) is 4.79 Å². The number of amides is 2. The van der Waals surface area contributed by atoms with E-state index in [0.29, 0.717) is 42.2 Å². The van der Waals surface area contributed by atoms with E-state index in [-0.39, 0.29) is 17.8 Å². The zero-order valence-corrected chi connectivity index (χ0v) is 19.2. The number of carbonyl (C=O) groups excluding carboxylic acids is 3. The van der Waals surface area contributed by atoms with Crippen molar-refractivity contribution >= 4 is 17.8 Å². The van der Waals surface area contributed by atoms with Crippen LogP contribution in [0, 0.1) is 5.92 Å². The van der Waals surface area contributed by atoms with Crippen LogP contribution in [-0.2, 0) is 4.74 Å². The molecule has 6 nitrogen and oxygen atoms in total. The van der Waals surface area contributed by atoms with Crippen molar-refractivity contribution in [1.82, 2.24) is 9.80 Å². The smallest absolute Gasteiger partial charge is 0.410 e. The maximum atomic E-state index is 13.1. The molecule has 0 bridgehead atoms. The molecule has 2 aromatic carbocycles. The van der Waals surface area contributed by atoms with Gasteiger partial charge in [-0.1, -0.05) is 30.3 Å². The third-order valence-corrected chi connectivity index (χ3v) is 6.11. The van der Waals surface area contributed by atoms with Gasteiger partial charge in [-0.3, -0.25) is 9.59 Å². The first-order chi connectivity index (χ1) is 15.1. The molecule has 32 heavy (non-hydrogen) atoms. The number of piperidine rings is 1. The number of fused-ring (bicyclic) bond motifs is 3. The van der Waals surface area contributed by atoms with Gasteiger partial charge in [0, 0.05) is 43.4 Å². The van der Waals surface area contributed by atoms with Gasteiger partial charge in [-0.05, 0) is 62.8 Å². The Kier molecular flexibility index (Phi) is 5.80. The largest absolute Gasteiger partial charge is 0.444 e. The monoisotopic (exact) mass is 434 g/mol. The Hall–Kier alpha value is -3.15. The van der Waals surface area contributed by atoms with Crippen molar-refractivity contribution in [2.45, 2.75) is 39.2 Å². The predicted octanol–water partition coefficient (Wildman–Crippen LogP) is 4.62. The van der Waals surface area contributed by atoms with E-state index < -0.39 is 5.60 Å². The van der Waals surface area contributed by atoms with Crippen LogP contribution >= 0.6 is 0 Å². The number of carbonyl (C=O) groups is 3. The fourth-order valence-corrected chi connectivity index (χ4v) is 4.46. The van der Waals surface area contributed by atoms with E-state index in [0.717, 1.165) is 24.0 Å². The molecule has 0 saturated carbocycles. The highest BCUT2D eigenvalue weighted by atomic mass is 16.6. The summed E-state index contributed by atoms with van der Waals surface area (Å²) in [5.41, 5.74) is 3.16. The average molecular weight is 435 g/mol. The van der Waals surface area contributed by atoms with Gasteiger partial charge in [0.05, 0.1) is 0 Å². The number of ketones is 1. The molecule has 2 amide bonds. The molecule has 2 aliphatic rings. The molecule has 1 fully saturated rings. The number of likely N-dealkylation sites (tertiary alicyclic amines) is 1. The van der Waals surface area contributed by atoms with E-state index in [1.54, 1.807) is 18.0 Å². The second-order valence-electron chi connectivity index (χ2n) is 9.73. The Bertz CT molecular complexity index is 1060. The number of hydrogen-bond acceptors (Lipinski definition) is 4. The molecule has 1 aliphatic carbocycles. The zero-order valence-electron chi connectivity index (χ0n) is 19.2. The highest BCUT2D eigenvalue weighted by molar-refractivity contribution is 6.22. The predicted molar refractivity (Wildman–Crippen MR) is 123 cm³/mol. The van der Waals surface area contributed by atoms with Crippen LogP contribution in [0.15, 0.2) is 42.5 Å². The molecule has 0 aromatic heterocycles. The van der Waals surface area contributed by atoms with Crippen molar-refractivity contribution in [1.29, 1.82) is 0 Å². The number of hydrogen-bond donors (Lipinski definition) is 0. The molecule has 0 radical (unpaired) electrons. The summed E-state index contributed by atoms with van der Waals surface area (Å²) in [6.07, 6.45) is 1.34. The zero-order chi connectivity index (χ0) is 23.0. The minimum absolute atomic E-state index is 0.0193. The Morgan fingerprint density at radius 1 is 1.00 bits per heavy atom. The molecule has 168 valence electrons. The van der Waals surface area contributed by atoms with E-state index in [9.17, 15) is 14.4 Å². The van der Waals surface area contributed by atoms with Crippen LogP contribution in [0.25, 0.3) is 11.1 Å². The van der Waals surface area contributed by atoms with E-state index in [1.807, 2.05) is 62.1 Å². The van der Waals surface area contributed by atoms with Crippen molar-refractivity contribution in [3.05, 3.63) is 59.2 Å². The van der Waals surface area contributed by atoms with Crippen LogP contribution in [-0.4, -0.2) is 59.9 Å². The first-order valence-electron chi connectivity index (χ1n) is 11.2. The molecule has 0 N–H and O–H groups in total. The van der Waals surface area contributed by atoms with E-state index in [1.165, 1.54) is 0 Å². The van der Waals surface area contributed by atoms with Crippen molar-refractivity contribution < 1.29 is 19.1 Å². The molecule has 0 unspecified atom stereocenters. The number of nitrogens with zero attached hydrogens (tertiary/aromatic N) is 2. The Balaban J connectivity index is 1.37. The molecule has 1 aliphatic heterocycles. The van der Waals surface area contributed by atoms with Gasteiger partial charge >= 0.3 is 6.09 Å². The molecule has 0 atom stereocenters. The van der Waals surface area contributed by atoms with Gasteiger partial charge in [0.1, 0.15) is 5.60 Å². The Morgan fingerprint density at radius 3 is 2.28 bits per heavy atom. The van der Waals surface area contributed by atoms with Gasteiger partial charge in [-0.2, -0.15) is 0 Å². The lowest BCUT2D eigenvalue weighted by Crippen LogP contribution is -2.43. The van der Waals surface area contributed by atoms with Crippen LogP contribution in [0.5, 0.6) is 0 Å². The second kappa shape index (κ2) is 8.41. The van der Waals surface area contributed by atoms with Crippen LogP contribution in [0.3, 0.4) is 0 Å². The maximum Gasteiger partial charge on any atom is 0.410 e. The summed E-state index contributed by atoms with van der Waals surface area (Å²) in [5, 5.41) is 0. The fraction of sp³-hybridized carbons (Fsp3) is 0.423. The summed E-state index contributed by atoms with van der Waals surface area (Å²) in [4.78, 5) is 41.5. The lowest BCUT2D eigenvalue weighted by Gasteiger charge is -2.34. The molecular formula is C26H30N2O4. The van der Waals surface area contributed by atoms with Crippen molar-refractivity contribution in [2.75, 3.05) is 26.7 Å². The van der Waals surface area contributed by atoms with E-state index in [4.69, 9.17) is 4.74 Å². The van der Waals surface area contributed by atoms with Gasteiger partial charge in [0.2, 0.25) is 0 Å². The third-order valence-electron chi connectivity index (χ3n) is 6.11.